The van der Waals surface area contributed by atoms with Gasteiger partial charge in [-0.3, -0.25) is 4.79 Å². The zero-order valence-electron chi connectivity index (χ0n) is 14.8. The minimum atomic E-state index is -0.618. The summed E-state index contributed by atoms with van der Waals surface area (Å²) in [6, 6.07) is 6.81. The Balaban J connectivity index is 1.84. The van der Waals surface area contributed by atoms with Gasteiger partial charge < -0.3 is 4.90 Å². The molecule has 144 valence electrons. The minimum Gasteiger partial charge on any atom is -0.309 e. The summed E-state index contributed by atoms with van der Waals surface area (Å²) in [5, 5.41) is 0.609. The van der Waals surface area contributed by atoms with E-state index in [2.05, 4.69) is 4.85 Å². The first-order valence-corrected chi connectivity index (χ1v) is 9.41. The van der Waals surface area contributed by atoms with Gasteiger partial charge in [0.2, 0.25) is 5.91 Å². The monoisotopic (exact) mass is 420 g/mol. The standard InChI is InChI=1S/C21H16Cl2F2N2O/c1-26-7-6-13-9-17(22)21(18(23)10-13)27-12-14(2-5-20(27)28)8-15-3-4-16(24)11-19(15)25/h3-4,6-7,9-11,14H,2,5,8,12H2/b7-6+. The largest absolute Gasteiger partial charge is 0.309 e. The number of piperidine rings is 1. The molecule has 0 aliphatic carbocycles. The van der Waals surface area contributed by atoms with Crippen molar-refractivity contribution in [3.63, 3.8) is 0 Å². The highest BCUT2D eigenvalue weighted by atomic mass is 35.5. The van der Waals surface area contributed by atoms with Gasteiger partial charge in [-0.1, -0.05) is 35.3 Å². The van der Waals surface area contributed by atoms with Crippen LogP contribution in [0.3, 0.4) is 0 Å². The highest BCUT2D eigenvalue weighted by molar-refractivity contribution is 6.40. The van der Waals surface area contributed by atoms with Crippen molar-refractivity contribution in [1.29, 1.82) is 0 Å². The molecule has 28 heavy (non-hydrogen) atoms. The van der Waals surface area contributed by atoms with Gasteiger partial charge in [0.25, 0.3) is 0 Å². The molecule has 0 spiro atoms. The zero-order valence-corrected chi connectivity index (χ0v) is 16.3. The summed E-state index contributed by atoms with van der Waals surface area (Å²) < 4.78 is 27.1. The second-order valence-electron chi connectivity index (χ2n) is 6.63. The van der Waals surface area contributed by atoms with Gasteiger partial charge in [-0.15, -0.1) is 0 Å². The summed E-state index contributed by atoms with van der Waals surface area (Å²) in [6.07, 6.45) is 4.15. The molecule has 0 aromatic heterocycles. The molecule has 3 rings (SSSR count). The van der Waals surface area contributed by atoms with E-state index in [1.54, 1.807) is 18.2 Å². The van der Waals surface area contributed by atoms with Crippen molar-refractivity contribution in [2.75, 3.05) is 11.4 Å². The van der Waals surface area contributed by atoms with E-state index in [0.717, 1.165) is 6.07 Å². The van der Waals surface area contributed by atoms with Gasteiger partial charge in [0.15, 0.2) is 6.20 Å². The Morgan fingerprint density at radius 1 is 1.21 bits per heavy atom. The fourth-order valence-corrected chi connectivity index (χ4v) is 4.07. The molecule has 2 aromatic carbocycles. The second-order valence-corrected chi connectivity index (χ2v) is 7.44. The molecule has 1 atom stereocenters. The fourth-order valence-electron chi connectivity index (χ4n) is 3.36. The van der Waals surface area contributed by atoms with Gasteiger partial charge in [-0.05, 0) is 48.1 Å². The van der Waals surface area contributed by atoms with Crippen LogP contribution in [0.15, 0.2) is 36.5 Å². The van der Waals surface area contributed by atoms with Crippen LogP contribution in [-0.4, -0.2) is 12.5 Å². The molecule has 0 bridgehead atoms. The van der Waals surface area contributed by atoms with E-state index >= 15 is 0 Å². The fraction of sp³-hybridized carbons (Fsp3) is 0.238. The third-order valence-electron chi connectivity index (χ3n) is 4.68. The zero-order chi connectivity index (χ0) is 20.3. The molecule has 3 nitrogen and oxygen atoms in total. The number of carbonyl (C=O) groups excluding carboxylic acids is 1. The summed E-state index contributed by atoms with van der Waals surface area (Å²) in [6.45, 7) is 7.14. The maximum Gasteiger partial charge on any atom is 0.227 e. The molecule has 1 aliphatic rings. The van der Waals surface area contributed by atoms with Crippen LogP contribution in [0, 0.1) is 24.1 Å². The van der Waals surface area contributed by atoms with Crippen LogP contribution in [-0.2, 0) is 11.2 Å². The first-order chi connectivity index (χ1) is 13.4. The molecular weight excluding hydrogens is 405 g/mol. The van der Waals surface area contributed by atoms with Crippen molar-refractivity contribution in [2.24, 2.45) is 5.92 Å². The van der Waals surface area contributed by atoms with Gasteiger partial charge in [-0.2, -0.15) is 0 Å². The van der Waals surface area contributed by atoms with E-state index in [-0.39, 0.29) is 11.8 Å². The van der Waals surface area contributed by atoms with Crippen molar-refractivity contribution in [3.8, 4) is 0 Å². The number of rotatable bonds is 4. The lowest BCUT2D eigenvalue weighted by Gasteiger charge is -2.34. The molecule has 1 unspecified atom stereocenters. The Morgan fingerprint density at radius 2 is 1.93 bits per heavy atom. The number of carbonyl (C=O) groups is 1. The van der Waals surface area contributed by atoms with Crippen LogP contribution >= 0.6 is 23.2 Å². The maximum absolute atomic E-state index is 14.0. The van der Waals surface area contributed by atoms with Crippen molar-refractivity contribution < 1.29 is 13.6 Å². The topological polar surface area (TPSA) is 24.7 Å². The lowest BCUT2D eigenvalue weighted by Crippen LogP contribution is -2.41. The van der Waals surface area contributed by atoms with Gasteiger partial charge in [0.05, 0.1) is 22.3 Å². The van der Waals surface area contributed by atoms with Crippen LogP contribution in [0.1, 0.15) is 24.0 Å². The third kappa shape index (κ3) is 4.52. The van der Waals surface area contributed by atoms with Crippen LogP contribution in [0.5, 0.6) is 0 Å². The summed E-state index contributed by atoms with van der Waals surface area (Å²) in [4.78, 5) is 17.2. The molecule has 1 fully saturated rings. The molecule has 1 amide bonds. The first kappa shape index (κ1) is 20.3. The van der Waals surface area contributed by atoms with E-state index in [1.807, 2.05) is 0 Å². The third-order valence-corrected chi connectivity index (χ3v) is 5.26. The van der Waals surface area contributed by atoms with E-state index in [1.165, 1.54) is 23.2 Å². The van der Waals surface area contributed by atoms with Gasteiger partial charge >= 0.3 is 0 Å². The van der Waals surface area contributed by atoms with Gasteiger partial charge in [-0.25, -0.2) is 13.6 Å². The van der Waals surface area contributed by atoms with E-state index < -0.39 is 11.6 Å². The lowest BCUT2D eigenvalue weighted by molar-refractivity contribution is -0.120. The number of hydrogen-bond acceptors (Lipinski definition) is 1. The van der Waals surface area contributed by atoms with Crippen LogP contribution in [0.25, 0.3) is 10.9 Å². The first-order valence-electron chi connectivity index (χ1n) is 8.65. The number of halogens is 4. The molecule has 1 aliphatic heterocycles. The number of benzene rings is 2. The number of anilines is 1. The highest BCUT2D eigenvalue weighted by Crippen LogP contribution is 2.38. The summed E-state index contributed by atoms with van der Waals surface area (Å²) in [5.41, 5.74) is 1.49. The van der Waals surface area contributed by atoms with Crippen LogP contribution in [0.2, 0.25) is 10.0 Å². The summed E-state index contributed by atoms with van der Waals surface area (Å²) >= 11 is 12.7. The molecular formula is C21H16Cl2F2N2O. The Morgan fingerprint density at radius 3 is 2.57 bits per heavy atom. The molecule has 0 saturated carbocycles. The minimum absolute atomic E-state index is 0.00789. The number of amides is 1. The maximum atomic E-state index is 14.0. The smallest absolute Gasteiger partial charge is 0.227 e. The van der Waals surface area contributed by atoms with Gasteiger partial charge in [0.1, 0.15) is 11.6 Å². The molecule has 2 aromatic rings. The Hall–Kier alpha value is -2.42. The van der Waals surface area contributed by atoms with Crippen molar-refractivity contribution in [3.05, 3.63) is 80.8 Å². The molecule has 1 heterocycles. The van der Waals surface area contributed by atoms with Crippen LogP contribution in [0.4, 0.5) is 14.5 Å². The predicted molar refractivity (Wildman–Crippen MR) is 107 cm³/mol. The molecule has 0 radical (unpaired) electrons. The summed E-state index contributed by atoms with van der Waals surface area (Å²) in [7, 11) is 0. The summed E-state index contributed by atoms with van der Waals surface area (Å²) in [5.74, 6) is -1.32. The number of nitrogens with zero attached hydrogens (tertiary/aromatic N) is 2. The normalized spacial score (nSPS) is 17.2. The Kier molecular flexibility index (Phi) is 6.33. The SMILES string of the molecule is [C-]#[N+]/C=C/c1cc(Cl)c(N2CC(Cc3ccc(F)cc3F)CCC2=O)c(Cl)c1. The van der Waals surface area contributed by atoms with Crippen molar-refractivity contribution in [2.45, 2.75) is 19.3 Å². The highest BCUT2D eigenvalue weighted by Gasteiger charge is 2.30. The second kappa shape index (κ2) is 8.72. The predicted octanol–water partition coefficient (Wildman–Crippen LogP) is 6.15. The lowest BCUT2D eigenvalue weighted by atomic mass is 9.90. The average Bonchev–Trinajstić information content (AvgIpc) is 2.64. The average molecular weight is 421 g/mol. The van der Waals surface area contributed by atoms with Crippen molar-refractivity contribution in [1.82, 2.24) is 0 Å². The van der Waals surface area contributed by atoms with E-state index in [0.29, 0.717) is 52.7 Å². The molecule has 0 N–H and O–H groups in total. The molecule has 7 heteroatoms. The molecule has 1 saturated heterocycles. The quantitative estimate of drug-likeness (QED) is 0.544. The van der Waals surface area contributed by atoms with E-state index in [4.69, 9.17) is 29.8 Å². The van der Waals surface area contributed by atoms with E-state index in [9.17, 15) is 13.6 Å². The van der Waals surface area contributed by atoms with Gasteiger partial charge in [0, 0.05) is 19.0 Å². The Bertz CT molecular complexity index is 962. The van der Waals surface area contributed by atoms with Crippen molar-refractivity contribution >= 4 is 40.9 Å². The van der Waals surface area contributed by atoms with Crippen LogP contribution < -0.4 is 4.90 Å². The Labute approximate surface area is 172 Å². The number of hydrogen-bond donors (Lipinski definition) is 0.